The zero-order valence-electron chi connectivity index (χ0n) is 12.0. The molecule has 5 nitrogen and oxygen atoms in total. The molecule has 0 aromatic heterocycles. The maximum Gasteiger partial charge on any atom is 0.317 e. The molecule has 5 heteroatoms. The molecule has 0 spiro atoms. The lowest BCUT2D eigenvalue weighted by molar-refractivity contribution is 0.223. The monoisotopic (exact) mass is 280 g/mol. The Morgan fingerprint density at radius 3 is 2.75 bits per heavy atom. The van der Waals surface area contributed by atoms with Gasteiger partial charge in [-0.2, -0.15) is 0 Å². The second-order valence-electron chi connectivity index (χ2n) is 4.47. The Bertz CT molecular complexity index is 396. The number of aliphatic hydroxyl groups is 1. The van der Waals surface area contributed by atoms with E-state index in [2.05, 4.69) is 17.6 Å². The number of hydrogen-bond donors (Lipinski definition) is 3. The number of nitrogens with one attached hydrogen (secondary N) is 2. The van der Waals surface area contributed by atoms with Crippen LogP contribution < -0.4 is 15.4 Å². The molecule has 0 aliphatic rings. The number of ether oxygens (including phenoxy) is 1. The van der Waals surface area contributed by atoms with Gasteiger partial charge in [0.25, 0.3) is 0 Å². The largest absolute Gasteiger partial charge is 0.473 e. The van der Waals surface area contributed by atoms with Crippen LogP contribution in [0.3, 0.4) is 0 Å². The normalized spacial score (nSPS) is 10.1. The van der Waals surface area contributed by atoms with Gasteiger partial charge in [-0.25, -0.2) is 4.79 Å². The van der Waals surface area contributed by atoms with Crippen LogP contribution in [0.15, 0.2) is 24.3 Å². The number of benzene rings is 1. The summed E-state index contributed by atoms with van der Waals surface area (Å²) < 4.78 is 5.54. The number of carbonyl (C=O) groups excluding carboxylic acids is 1. The van der Waals surface area contributed by atoms with Crippen LogP contribution in [0.5, 0.6) is 5.75 Å². The maximum absolute atomic E-state index is 11.5. The van der Waals surface area contributed by atoms with E-state index in [1.165, 1.54) is 0 Å². The number of hydrogen-bond acceptors (Lipinski definition) is 3. The summed E-state index contributed by atoms with van der Waals surface area (Å²) in [6.07, 6.45) is 3.46. The van der Waals surface area contributed by atoms with Gasteiger partial charge in [-0.3, -0.25) is 0 Å². The zero-order valence-corrected chi connectivity index (χ0v) is 12.0. The van der Waals surface area contributed by atoms with Crippen LogP contribution in [0.1, 0.15) is 31.7 Å². The molecular weight excluding hydrogens is 256 g/mol. The first-order valence-corrected chi connectivity index (χ1v) is 7.11. The molecule has 1 aromatic carbocycles. The SMILES string of the molecule is CCc1ccccc1OCNC(=O)NCCCCCO. The summed E-state index contributed by atoms with van der Waals surface area (Å²) in [6, 6.07) is 7.56. The third kappa shape index (κ3) is 6.43. The lowest BCUT2D eigenvalue weighted by Gasteiger charge is -2.11. The third-order valence-electron chi connectivity index (χ3n) is 2.93. The zero-order chi connectivity index (χ0) is 14.6. The highest BCUT2D eigenvalue weighted by molar-refractivity contribution is 5.73. The number of urea groups is 1. The Morgan fingerprint density at radius 2 is 2.00 bits per heavy atom. The fourth-order valence-corrected chi connectivity index (χ4v) is 1.79. The predicted molar refractivity (Wildman–Crippen MR) is 78.8 cm³/mol. The van der Waals surface area contributed by atoms with Gasteiger partial charge in [0.2, 0.25) is 0 Å². The predicted octanol–water partition coefficient (Wildman–Crippen LogP) is 2.05. The lowest BCUT2D eigenvalue weighted by atomic mass is 10.1. The summed E-state index contributed by atoms with van der Waals surface area (Å²) in [7, 11) is 0. The summed E-state index contributed by atoms with van der Waals surface area (Å²) in [4.78, 5) is 11.5. The Hall–Kier alpha value is -1.75. The smallest absolute Gasteiger partial charge is 0.317 e. The first kappa shape index (κ1) is 16.3. The van der Waals surface area contributed by atoms with Gasteiger partial charge in [0, 0.05) is 13.2 Å². The Labute approximate surface area is 120 Å². The van der Waals surface area contributed by atoms with Crippen molar-refractivity contribution in [2.75, 3.05) is 19.9 Å². The molecule has 20 heavy (non-hydrogen) atoms. The number of rotatable bonds is 9. The molecule has 0 saturated carbocycles. The van der Waals surface area contributed by atoms with Crippen LogP contribution in [0.4, 0.5) is 4.79 Å². The van der Waals surface area contributed by atoms with Crippen molar-refractivity contribution >= 4 is 6.03 Å². The van der Waals surface area contributed by atoms with Gasteiger partial charge in [-0.05, 0) is 37.3 Å². The van der Waals surface area contributed by atoms with Crippen LogP contribution in [0.25, 0.3) is 0 Å². The van der Waals surface area contributed by atoms with Crippen molar-refractivity contribution in [2.24, 2.45) is 0 Å². The van der Waals surface area contributed by atoms with Gasteiger partial charge >= 0.3 is 6.03 Å². The molecule has 2 amide bonds. The summed E-state index contributed by atoms with van der Waals surface area (Å²) in [5.74, 6) is 0.804. The average Bonchev–Trinajstić information content (AvgIpc) is 2.47. The van der Waals surface area contributed by atoms with E-state index < -0.39 is 0 Å². The van der Waals surface area contributed by atoms with Crippen molar-refractivity contribution in [1.29, 1.82) is 0 Å². The molecule has 112 valence electrons. The fraction of sp³-hybridized carbons (Fsp3) is 0.533. The summed E-state index contributed by atoms with van der Waals surface area (Å²) in [5, 5.41) is 14.0. The van der Waals surface area contributed by atoms with Gasteiger partial charge in [0.1, 0.15) is 5.75 Å². The minimum absolute atomic E-state index is 0.152. The molecule has 0 unspecified atom stereocenters. The van der Waals surface area contributed by atoms with Gasteiger partial charge in [0.05, 0.1) is 0 Å². The van der Waals surface area contributed by atoms with Crippen molar-refractivity contribution in [1.82, 2.24) is 10.6 Å². The van der Waals surface area contributed by atoms with Gasteiger partial charge in [-0.15, -0.1) is 0 Å². The molecule has 0 aliphatic heterocycles. The second-order valence-corrected chi connectivity index (χ2v) is 4.47. The van der Waals surface area contributed by atoms with Crippen molar-refractivity contribution < 1.29 is 14.6 Å². The molecule has 0 bridgehead atoms. The molecule has 1 rings (SSSR count). The Morgan fingerprint density at radius 1 is 1.20 bits per heavy atom. The fourth-order valence-electron chi connectivity index (χ4n) is 1.79. The van der Waals surface area contributed by atoms with E-state index in [0.29, 0.717) is 6.54 Å². The topological polar surface area (TPSA) is 70.6 Å². The Balaban J connectivity index is 2.15. The number of unbranched alkanes of at least 4 members (excludes halogenated alkanes) is 2. The number of carbonyl (C=O) groups is 1. The van der Waals surface area contributed by atoms with Crippen LogP contribution in [-0.2, 0) is 6.42 Å². The van der Waals surface area contributed by atoms with Crippen molar-refractivity contribution in [3.05, 3.63) is 29.8 Å². The molecule has 0 fully saturated rings. The highest BCUT2D eigenvalue weighted by atomic mass is 16.5. The van der Waals surface area contributed by atoms with Crippen LogP contribution in [0.2, 0.25) is 0 Å². The van der Waals surface area contributed by atoms with E-state index >= 15 is 0 Å². The van der Waals surface area contributed by atoms with Crippen LogP contribution in [-0.4, -0.2) is 31.0 Å². The number of aliphatic hydroxyl groups excluding tert-OH is 1. The molecule has 0 saturated heterocycles. The number of amides is 2. The van der Waals surface area contributed by atoms with Crippen molar-refractivity contribution in [3.8, 4) is 5.75 Å². The second kappa shape index (κ2) is 10.1. The third-order valence-corrected chi connectivity index (χ3v) is 2.93. The molecular formula is C15H24N2O3. The first-order valence-electron chi connectivity index (χ1n) is 7.11. The van der Waals surface area contributed by atoms with E-state index in [1.807, 2.05) is 24.3 Å². The molecule has 1 aromatic rings. The van der Waals surface area contributed by atoms with Crippen LogP contribution >= 0.6 is 0 Å². The number of aryl methyl sites for hydroxylation is 1. The molecule has 0 heterocycles. The van der Waals surface area contributed by atoms with Crippen LogP contribution in [0, 0.1) is 0 Å². The number of para-hydroxylation sites is 1. The van der Waals surface area contributed by atoms with Gasteiger partial charge in [0.15, 0.2) is 6.73 Å². The van der Waals surface area contributed by atoms with Crippen molar-refractivity contribution in [2.45, 2.75) is 32.6 Å². The quantitative estimate of drug-likeness (QED) is 0.479. The average molecular weight is 280 g/mol. The van der Waals surface area contributed by atoms with E-state index in [9.17, 15) is 4.79 Å². The molecule has 0 atom stereocenters. The molecule has 3 N–H and O–H groups in total. The van der Waals surface area contributed by atoms with Gasteiger partial charge < -0.3 is 20.5 Å². The highest BCUT2D eigenvalue weighted by Gasteiger charge is 2.02. The van der Waals surface area contributed by atoms with E-state index in [0.717, 1.165) is 37.0 Å². The summed E-state index contributed by atoms with van der Waals surface area (Å²) >= 11 is 0. The highest BCUT2D eigenvalue weighted by Crippen LogP contribution is 2.17. The standard InChI is InChI=1S/C15H24N2O3/c1-2-13-8-4-5-9-14(13)20-12-17-15(19)16-10-6-3-7-11-18/h4-5,8-9,18H,2-3,6-7,10-12H2,1H3,(H2,16,17,19). The summed E-state index contributed by atoms with van der Waals surface area (Å²) in [5.41, 5.74) is 1.12. The van der Waals surface area contributed by atoms with Crippen molar-refractivity contribution in [3.63, 3.8) is 0 Å². The van der Waals surface area contributed by atoms with E-state index in [4.69, 9.17) is 9.84 Å². The first-order chi connectivity index (χ1) is 9.77. The van der Waals surface area contributed by atoms with E-state index in [-0.39, 0.29) is 19.4 Å². The lowest BCUT2D eigenvalue weighted by Crippen LogP contribution is -2.38. The molecule has 0 aliphatic carbocycles. The maximum atomic E-state index is 11.5. The summed E-state index contributed by atoms with van der Waals surface area (Å²) in [6.45, 7) is 3.03. The minimum atomic E-state index is -0.233. The minimum Gasteiger partial charge on any atom is -0.473 e. The molecule has 0 radical (unpaired) electrons. The van der Waals surface area contributed by atoms with E-state index in [1.54, 1.807) is 0 Å². The Kier molecular flexibility index (Phi) is 8.22. The van der Waals surface area contributed by atoms with Gasteiger partial charge in [-0.1, -0.05) is 25.1 Å².